The first-order chi connectivity index (χ1) is 14.1. The van der Waals surface area contributed by atoms with E-state index in [4.69, 9.17) is 4.98 Å². The Labute approximate surface area is 173 Å². The molecule has 2 aromatic heterocycles. The number of nitrogens with zero attached hydrogens (tertiary/aromatic N) is 5. The molecule has 0 bridgehead atoms. The highest BCUT2D eigenvalue weighted by molar-refractivity contribution is 7.07. The van der Waals surface area contributed by atoms with Gasteiger partial charge in [0.1, 0.15) is 5.82 Å². The van der Waals surface area contributed by atoms with E-state index >= 15 is 0 Å². The van der Waals surface area contributed by atoms with Crippen LogP contribution in [0, 0.1) is 6.92 Å². The number of carbonyl (C=O) groups excluding carboxylic acids is 1. The third-order valence-corrected chi connectivity index (χ3v) is 6.04. The SMILES string of the molecule is Cc1csc(=O)n1CCC(=O)N1CCN(c2ccnc(-c3ccccc3)n2)CC1. The quantitative estimate of drug-likeness (QED) is 0.647. The molecule has 0 spiro atoms. The number of rotatable bonds is 5. The summed E-state index contributed by atoms with van der Waals surface area (Å²) in [5, 5.41) is 1.83. The van der Waals surface area contributed by atoms with Gasteiger partial charge in [0.25, 0.3) is 0 Å². The minimum Gasteiger partial charge on any atom is -0.353 e. The Hall–Kier alpha value is -3.00. The second kappa shape index (κ2) is 8.57. The summed E-state index contributed by atoms with van der Waals surface area (Å²) in [4.78, 5) is 37.5. The van der Waals surface area contributed by atoms with E-state index < -0.39 is 0 Å². The van der Waals surface area contributed by atoms with Gasteiger partial charge >= 0.3 is 4.87 Å². The molecular formula is C21H23N5O2S. The fourth-order valence-corrected chi connectivity index (χ4v) is 4.24. The first kappa shape index (κ1) is 19.3. The summed E-state index contributed by atoms with van der Waals surface area (Å²) in [6.45, 7) is 5.11. The molecule has 7 nitrogen and oxygen atoms in total. The largest absolute Gasteiger partial charge is 0.353 e. The van der Waals surface area contributed by atoms with Crippen LogP contribution in [0.15, 0.2) is 52.8 Å². The van der Waals surface area contributed by atoms with Gasteiger partial charge in [-0.05, 0) is 13.0 Å². The number of anilines is 1. The Morgan fingerprint density at radius 1 is 1.10 bits per heavy atom. The second-order valence-corrected chi connectivity index (χ2v) is 7.84. The smallest absolute Gasteiger partial charge is 0.307 e. The molecule has 1 saturated heterocycles. The summed E-state index contributed by atoms with van der Waals surface area (Å²) in [5.74, 6) is 1.68. The molecule has 8 heteroatoms. The van der Waals surface area contributed by atoms with Gasteiger partial charge in [0.05, 0.1) is 0 Å². The Balaban J connectivity index is 1.35. The summed E-state index contributed by atoms with van der Waals surface area (Å²) in [6.07, 6.45) is 2.13. The number of hydrogen-bond acceptors (Lipinski definition) is 6. The highest BCUT2D eigenvalue weighted by atomic mass is 32.1. The molecule has 0 aliphatic carbocycles. The van der Waals surface area contributed by atoms with Crippen molar-refractivity contribution in [3.8, 4) is 11.4 Å². The van der Waals surface area contributed by atoms with Crippen molar-refractivity contribution in [2.45, 2.75) is 19.9 Å². The average Bonchev–Trinajstić information content (AvgIpc) is 3.10. The molecule has 29 heavy (non-hydrogen) atoms. The molecule has 1 aromatic carbocycles. The van der Waals surface area contributed by atoms with E-state index in [1.807, 2.05) is 53.6 Å². The van der Waals surface area contributed by atoms with Gasteiger partial charge in [-0.15, -0.1) is 0 Å². The van der Waals surface area contributed by atoms with E-state index in [0.29, 0.717) is 31.9 Å². The van der Waals surface area contributed by atoms with E-state index in [-0.39, 0.29) is 10.8 Å². The molecule has 3 aromatic rings. The van der Waals surface area contributed by atoms with Crippen molar-refractivity contribution in [2.24, 2.45) is 0 Å². The van der Waals surface area contributed by atoms with Gasteiger partial charge in [-0.1, -0.05) is 41.7 Å². The van der Waals surface area contributed by atoms with Crippen LogP contribution in [0.1, 0.15) is 12.1 Å². The molecule has 1 aliphatic heterocycles. The van der Waals surface area contributed by atoms with Crippen molar-refractivity contribution < 1.29 is 4.79 Å². The third kappa shape index (κ3) is 4.37. The Kier molecular flexibility index (Phi) is 5.71. The van der Waals surface area contributed by atoms with Crippen LogP contribution in [-0.4, -0.2) is 51.5 Å². The highest BCUT2D eigenvalue weighted by Crippen LogP contribution is 2.19. The summed E-state index contributed by atoms with van der Waals surface area (Å²) in [7, 11) is 0. The zero-order valence-electron chi connectivity index (χ0n) is 16.3. The zero-order valence-corrected chi connectivity index (χ0v) is 17.1. The fourth-order valence-electron chi connectivity index (χ4n) is 3.48. The molecule has 0 N–H and O–H groups in total. The number of thiazole rings is 1. The first-order valence-corrected chi connectivity index (χ1v) is 10.6. The van der Waals surface area contributed by atoms with Crippen molar-refractivity contribution in [1.29, 1.82) is 0 Å². The van der Waals surface area contributed by atoms with Crippen LogP contribution >= 0.6 is 11.3 Å². The van der Waals surface area contributed by atoms with E-state index in [1.165, 1.54) is 11.3 Å². The van der Waals surface area contributed by atoms with E-state index in [2.05, 4.69) is 9.88 Å². The lowest BCUT2D eigenvalue weighted by molar-refractivity contribution is -0.131. The molecule has 3 heterocycles. The normalized spacial score (nSPS) is 14.2. The summed E-state index contributed by atoms with van der Waals surface area (Å²) < 4.78 is 1.67. The monoisotopic (exact) mass is 409 g/mol. The minimum atomic E-state index is -0.00176. The number of amides is 1. The van der Waals surface area contributed by atoms with Crippen LogP contribution in [-0.2, 0) is 11.3 Å². The van der Waals surface area contributed by atoms with Gasteiger partial charge in [0.2, 0.25) is 5.91 Å². The Bertz CT molecular complexity index is 1040. The minimum absolute atomic E-state index is 0.00176. The fraction of sp³-hybridized carbons (Fsp3) is 0.333. The molecule has 0 saturated carbocycles. The average molecular weight is 410 g/mol. The standard InChI is InChI=1S/C21H23N5O2S/c1-16-15-29-21(28)26(16)10-8-19(27)25-13-11-24(12-14-25)18-7-9-22-20(23-18)17-5-3-2-4-6-17/h2-7,9,15H,8,10-14H2,1H3. The van der Waals surface area contributed by atoms with Crippen LogP contribution < -0.4 is 9.77 Å². The maximum absolute atomic E-state index is 12.6. The molecule has 1 aliphatic rings. The summed E-state index contributed by atoms with van der Waals surface area (Å²) in [6, 6.07) is 11.8. The molecule has 4 rings (SSSR count). The van der Waals surface area contributed by atoms with Crippen molar-refractivity contribution >= 4 is 23.1 Å². The van der Waals surface area contributed by atoms with E-state index in [9.17, 15) is 9.59 Å². The van der Waals surface area contributed by atoms with Crippen LogP contribution in [0.2, 0.25) is 0 Å². The first-order valence-electron chi connectivity index (χ1n) is 9.68. The summed E-state index contributed by atoms with van der Waals surface area (Å²) in [5.41, 5.74) is 1.90. The Morgan fingerprint density at radius 2 is 1.86 bits per heavy atom. The highest BCUT2D eigenvalue weighted by Gasteiger charge is 2.22. The van der Waals surface area contributed by atoms with Gasteiger partial charge in [0.15, 0.2) is 5.82 Å². The van der Waals surface area contributed by atoms with Crippen molar-refractivity contribution in [3.05, 3.63) is 63.3 Å². The predicted octanol–water partition coefficient (Wildman–Crippen LogP) is 2.41. The lowest BCUT2D eigenvalue weighted by Gasteiger charge is -2.35. The van der Waals surface area contributed by atoms with Gasteiger partial charge < -0.3 is 14.4 Å². The maximum Gasteiger partial charge on any atom is 0.307 e. The van der Waals surface area contributed by atoms with Gasteiger partial charge in [-0.2, -0.15) is 0 Å². The lowest BCUT2D eigenvalue weighted by atomic mass is 10.2. The van der Waals surface area contributed by atoms with E-state index in [0.717, 1.165) is 30.2 Å². The molecule has 1 amide bonds. The van der Waals surface area contributed by atoms with Gasteiger partial charge in [0, 0.05) is 62.0 Å². The van der Waals surface area contributed by atoms with Crippen molar-refractivity contribution in [3.63, 3.8) is 0 Å². The number of aromatic nitrogens is 3. The third-order valence-electron chi connectivity index (χ3n) is 5.15. The Morgan fingerprint density at radius 3 is 2.55 bits per heavy atom. The number of hydrogen-bond donors (Lipinski definition) is 0. The van der Waals surface area contributed by atoms with Gasteiger partial charge in [-0.3, -0.25) is 9.59 Å². The zero-order chi connectivity index (χ0) is 20.2. The maximum atomic E-state index is 12.6. The molecule has 0 atom stereocenters. The molecule has 0 unspecified atom stereocenters. The number of aryl methyl sites for hydroxylation is 1. The number of benzene rings is 1. The molecule has 0 radical (unpaired) electrons. The van der Waals surface area contributed by atoms with Gasteiger partial charge in [-0.25, -0.2) is 9.97 Å². The van der Waals surface area contributed by atoms with E-state index in [1.54, 1.807) is 10.8 Å². The molecule has 150 valence electrons. The topological polar surface area (TPSA) is 71.3 Å². The molecule has 1 fully saturated rings. The van der Waals surface area contributed by atoms with Crippen molar-refractivity contribution in [2.75, 3.05) is 31.1 Å². The molecular weight excluding hydrogens is 386 g/mol. The van der Waals surface area contributed by atoms with Crippen LogP contribution in [0.4, 0.5) is 5.82 Å². The van der Waals surface area contributed by atoms with Crippen LogP contribution in [0.5, 0.6) is 0 Å². The second-order valence-electron chi connectivity index (χ2n) is 7.02. The van der Waals surface area contributed by atoms with Crippen LogP contribution in [0.25, 0.3) is 11.4 Å². The lowest BCUT2D eigenvalue weighted by Crippen LogP contribution is -2.49. The number of carbonyl (C=O) groups is 1. The summed E-state index contributed by atoms with van der Waals surface area (Å²) >= 11 is 1.18. The van der Waals surface area contributed by atoms with Crippen molar-refractivity contribution in [1.82, 2.24) is 19.4 Å². The number of piperazine rings is 1. The predicted molar refractivity (Wildman–Crippen MR) is 114 cm³/mol. The van der Waals surface area contributed by atoms with Crippen LogP contribution in [0.3, 0.4) is 0 Å².